The van der Waals surface area contributed by atoms with Crippen molar-refractivity contribution in [1.29, 1.82) is 0 Å². The van der Waals surface area contributed by atoms with Gasteiger partial charge in [-0.3, -0.25) is 0 Å². The third kappa shape index (κ3) is 9.44. The minimum atomic E-state index is 0. The first kappa shape index (κ1) is 25.5. The molecule has 0 unspecified atom stereocenters. The van der Waals surface area contributed by atoms with Crippen molar-refractivity contribution in [3.63, 3.8) is 0 Å². The summed E-state index contributed by atoms with van der Waals surface area (Å²) in [5, 5.41) is 0. The first-order valence-electron chi connectivity index (χ1n) is 4.37. The summed E-state index contributed by atoms with van der Waals surface area (Å²) in [5.41, 5.74) is 2.19. The van der Waals surface area contributed by atoms with Crippen molar-refractivity contribution in [3.05, 3.63) is 29.6 Å². The second-order valence-electron chi connectivity index (χ2n) is 3.17. The number of halogens is 1. The molecule has 8 heteroatoms. The molecular weight excluding hydrogens is 435 g/mol. The van der Waals surface area contributed by atoms with E-state index in [1.807, 2.05) is 25.2 Å². The smallest absolute Gasteiger partial charge is 1.00 e. The van der Waals surface area contributed by atoms with Gasteiger partial charge in [-0.2, -0.15) is 0 Å². The molecule has 1 nitrogen and oxygen atoms in total. The van der Waals surface area contributed by atoms with Crippen LogP contribution >= 0.6 is 24.4 Å². The average molecular weight is 445 g/mol. The average Bonchev–Trinajstić information content (AvgIpc) is 2.10. The number of hydrogen-bond acceptors (Lipinski definition) is 4. The first-order chi connectivity index (χ1) is 7.00. The van der Waals surface area contributed by atoms with E-state index in [4.69, 9.17) is 49.7 Å². The van der Waals surface area contributed by atoms with Crippen molar-refractivity contribution in [2.75, 3.05) is 0 Å². The molecule has 1 heterocycles. The van der Waals surface area contributed by atoms with Gasteiger partial charge in [-0.05, 0) is 6.07 Å². The molecule has 1 aromatic heterocycles. The summed E-state index contributed by atoms with van der Waals surface area (Å²) in [6.07, 6.45) is 1.28. The summed E-state index contributed by atoms with van der Waals surface area (Å²) in [4.78, 5) is 0. The van der Waals surface area contributed by atoms with Crippen LogP contribution < -0.4 is 87.7 Å². The second-order valence-corrected chi connectivity index (χ2v) is 5.65. The molecule has 0 amide bonds. The summed E-state index contributed by atoms with van der Waals surface area (Å²) in [7, 11) is 1.98. The van der Waals surface area contributed by atoms with Crippen molar-refractivity contribution < 1.29 is 87.7 Å². The van der Waals surface area contributed by atoms with E-state index in [9.17, 15) is 0 Å². The fourth-order valence-electron chi connectivity index (χ4n) is 1.33. The van der Waals surface area contributed by atoms with Crippen LogP contribution in [0, 0.1) is 0 Å². The van der Waals surface area contributed by atoms with Crippen LogP contribution in [0.3, 0.4) is 0 Å². The molecule has 0 aliphatic heterocycles. The Balaban J connectivity index is -0.000000750. The van der Waals surface area contributed by atoms with Gasteiger partial charge in [-0.15, -0.1) is 8.39 Å². The van der Waals surface area contributed by atoms with Crippen molar-refractivity contribution in [2.24, 2.45) is 7.05 Å². The zero-order chi connectivity index (χ0) is 11.4. The molecule has 0 N–H and O–H groups in total. The van der Waals surface area contributed by atoms with Crippen molar-refractivity contribution in [2.45, 2.75) is 12.8 Å². The van der Waals surface area contributed by atoms with E-state index in [0.717, 1.165) is 11.4 Å². The SMILES string of the molecule is C[n+]1c(CC(=S)[S-])cccc1CC(=S)[S-].[I-].[Na+].[Na+]. The number of pyridine rings is 1. The van der Waals surface area contributed by atoms with Crippen LogP contribution in [-0.2, 0) is 45.1 Å². The Morgan fingerprint density at radius 1 is 1.06 bits per heavy atom. The topological polar surface area (TPSA) is 3.88 Å². The molecule has 0 saturated heterocycles. The molecule has 1 rings (SSSR count). The van der Waals surface area contributed by atoms with Crippen LogP contribution in [0.4, 0.5) is 0 Å². The van der Waals surface area contributed by atoms with Crippen molar-refractivity contribution in [1.82, 2.24) is 0 Å². The van der Waals surface area contributed by atoms with Crippen LogP contribution in [-0.4, -0.2) is 8.39 Å². The summed E-state index contributed by atoms with van der Waals surface area (Å²) in [5.74, 6) is 0. The number of nitrogens with zero attached hydrogens (tertiary/aromatic N) is 1. The quantitative estimate of drug-likeness (QED) is 0.149. The van der Waals surface area contributed by atoms with Crippen LogP contribution in [0.2, 0.25) is 0 Å². The Hall–Kier alpha value is 2.50. The molecule has 1 aromatic rings. The summed E-state index contributed by atoms with van der Waals surface area (Å²) < 4.78 is 3.20. The predicted molar refractivity (Wildman–Crippen MR) is 75.0 cm³/mol. The van der Waals surface area contributed by atoms with Gasteiger partial charge in [0.1, 0.15) is 7.05 Å². The standard InChI is InChI=1S/C10H11NS4.HI.2Na/c1-11-7(5-9(12)13)3-2-4-8(11)6-10(14)15;;;/h2-4H,5-6H2,1H3,(H-,12,13,14,15);1H;;/q;;2*+1/p-2. The Morgan fingerprint density at radius 2 is 1.39 bits per heavy atom. The third-order valence-electron chi connectivity index (χ3n) is 2.09. The van der Waals surface area contributed by atoms with Crippen LogP contribution in [0.1, 0.15) is 11.4 Å². The van der Waals surface area contributed by atoms with Crippen LogP contribution in [0.5, 0.6) is 0 Å². The summed E-state index contributed by atoms with van der Waals surface area (Å²) in [6, 6.07) is 5.99. The number of hydrogen-bond donors (Lipinski definition) is 0. The Labute approximate surface area is 192 Å². The van der Waals surface area contributed by atoms with Gasteiger partial charge in [0.15, 0.2) is 11.4 Å². The van der Waals surface area contributed by atoms with E-state index in [0.29, 0.717) is 21.2 Å². The van der Waals surface area contributed by atoms with Gasteiger partial charge < -0.3 is 73.7 Å². The Kier molecular flexibility index (Phi) is 18.6. The normalized spacial score (nSPS) is 8.28. The van der Waals surface area contributed by atoms with Gasteiger partial charge in [0.05, 0.1) is 0 Å². The molecule has 0 spiro atoms. The van der Waals surface area contributed by atoms with Gasteiger partial charge in [0, 0.05) is 25.0 Å². The zero-order valence-electron chi connectivity index (χ0n) is 10.6. The maximum Gasteiger partial charge on any atom is 1.00 e. The van der Waals surface area contributed by atoms with Crippen molar-refractivity contribution >= 4 is 58.1 Å². The molecule has 0 aliphatic carbocycles. The minimum Gasteiger partial charge on any atom is -1.00 e. The number of aromatic nitrogens is 1. The fraction of sp³-hybridized carbons (Fsp3) is 0.300. The van der Waals surface area contributed by atoms with E-state index in [-0.39, 0.29) is 83.1 Å². The molecular formula is C10H10INNa2S4. The predicted octanol–water partition coefficient (Wildman–Crippen LogP) is -7.64. The number of thiocarbonyl (C=S) groups is 2. The largest absolute Gasteiger partial charge is 1.00 e. The van der Waals surface area contributed by atoms with Gasteiger partial charge >= 0.3 is 59.1 Å². The van der Waals surface area contributed by atoms with E-state index in [1.165, 1.54) is 0 Å². The maximum absolute atomic E-state index is 4.92. The molecule has 88 valence electrons. The first-order valence-corrected chi connectivity index (χ1v) is 6.00. The Morgan fingerprint density at radius 3 is 1.67 bits per heavy atom. The van der Waals surface area contributed by atoms with Gasteiger partial charge in [-0.1, -0.05) is 0 Å². The molecule has 0 fully saturated rings. The van der Waals surface area contributed by atoms with Gasteiger partial charge in [-0.25, -0.2) is 4.57 Å². The van der Waals surface area contributed by atoms with E-state index >= 15 is 0 Å². The molecule has 0 aromatic carbocycles. The molecule has 0 radical (unpaired) electrons. The Bertz CT molecular complexity index is 381. The summed E-state index contributed by atoms with van der Waals surface area (Å²) >= 11 is 19.7. The summed E-state index contributed by atoms with van der Waals surface area (Å²) in [6.45, 7) is 0. The zero-order valence-corrected chi connectivity index (χ0v) is 20.0. The molecule has 0 bridgehead atoms. The van der Waals surface area contributed by atoms with Gasteiger partial charge in [0.2, 0.25) is 0 Å². The molecule has 18 heavy (non-hydrogen) atoms. The van der Waals surface area contributed by atoms with E-state index in [2.05, 4.69) is 4.57 Å². The van der Waals surface area contributed by atoms with E-state index in [1.54, 1.807) is 0 Å². The van der Waals surface area contributed by atoms with Crippen LogP contribution in [0.25, 0.3) is 0 Å². The van der Waals surface area contributed by atoms with Crippen LogP contribution in [0.15, 0.2) is 18.2 Å². The third-order valence-corrected chi connectivity index (χ3v) is 2.67. The fourth-order valence-corrected chi connectivity index (χ4v) is 1.92. The monoisotopic (exact) mass is 445 g/mol. The van der Waals surface area contributed by atoms with Gasteiger partial charge in [0.25, 0.3) is 0 Å². The molecule has 0 aliphatic rings. The minimum absolute atomic E-state index is 0. The maximum atomic E-state index is 4.92. The van der Waals surface area contributed by atoms with E-state index < -0.39 is 0 Å². The molecule has 0 saturated carbocycles. The second kappa shape index (κ2) is 13.2. The number of rotatable bonds is 4. The molecule has 0 atom stereocenters. The van der Waals surface area contributed by atoms with Crippen molar-refractivity contribution in [3.8, 4) is 0 Å².